The second kappa shape index (κ2) is 4.72. The standard InChI is InChI=1S/C9H14O3S/c1-6-3-5-13-9(6)8(12)7(11)2-4-10/h3,5,7-8,10-12H,2,4H2,1H3. The lowest BCUT2D eigenvalue weighted by atomic mass is 10.1. The van der Waals surface area contributed by atoms with Crippen LogP contribution in [0, 0.1) is 6.92 Å². The predicted molar refractivity (Wildman–Crippen MR) is 51.7 cm³/mol. The van der Waals surface area contributed by atoms with E-state index in [2.05, 4.69) is 0 Å². The average molecular weight is 202 g/mol. The zero-order valence-electron chi connectivity index (χ0n) is 7.47. The Morgan fingerprint density at radius 3 is 2.62 bits per heavy atom. The van der Waals surface area contributed by atoms with Crippen molar-refractivity contribution < 1.29 is 15.3 Å². The van der Waals surface area contributed by atoms with Crippen molar-refractivity contribution in [1.82, 2.24) is 0 Å². The smallest absolute Gasteiger partial charge is 0.114 e. The van der Waals surface area contributed by atoms with E-state index < -0.39 is 12.2 Å². The van der Waals surface area contributed by atoms with Gasteiger partial charge in [0.25, 0.3) is 0 Å². The Hall–Kier alpha value is -0.420. The summed E-state index contributed by atoms with van der Waals surface area (Å²) in [6, 6.07) is 1.90. The summed E-state index contributed by atoms with van der Waals surface area (Å²) in [5.74, 6) is 0. The molecular weight excluding hydrogens is 188 g/mol. The van der Waals surface area contributed by atoms with E-state index in [1.165, 1.54) is 11.3 Å². The van der Waals surface area contributed by atoms with Crippen molar-refractivity contribution in [1.29, 1.82) is 0 Å². The van der Waals surface area contributed by atoms with Crippen LogP contribution in [0.2, 0.25) is 0 Å². The second-order valence-electron chi connectivity index (χ2n) is 2.99. The first-order valence-electron chi connectivity index (χ1n) is 4.17. The Morgan fingerprint density at radius 1 is 1.46 bits per heavy atom. The van der Waals surface area contributed by atoms with Gasteiger partial charge in [-0.2, -0.15) is 0 Å². The van der Waals surface area contributed by atoms with Crippen LogP contribution in [0.25, 0.3) is 0 Å². The number of aliphatic hydroxyl groups is 3. The van der Waals surface area contributed by atoms with E-state index in [4.69, 9.17) is 5.11 Å². The summed E-state index contributed by atoms with van der Waals surface area (Å²) in [5, 5.41) is 29.5. The molecule has 0 spiro atoms. The highest BCUT2D eigenvalue weighted by atomic mass is 32.1. The Morgan fingerprint density at radius 2 is 2.15 bits per heavy atom. The molecule has 0 aliphatic rings. The highest BCUT2D eigenvalue weighted by Gasteiger charge is 2.20. The second-order valence-corrected chi connectivity index (χ2v) is 3.94. The zero-order chi connectivity index (χ0) is 9.84. The zero-order valence-corrected chi connectivity index (χ0v) is 8.29. The predicted octanol–water partition coefficient (Wildman–Crippen LogP) is 0.833. The minimum Gasteiger partial charge on any atom is -0.396 e. The van der Waals surface area contributed by atoms with Gasteiger partial charge in [0.15, 0.2) is 0 Å². The molecule has 1 aromatic rings. The SMILES string of the molecule is Cc1ccsc1C(O)C(O)CCO. The summed E-state index contributed by atoms with van der Waals surface area (Å²) in [6.07, 6.45) is -1.53. The first-order valence-corrected chi connectivity index (χ1v) is 5.05. The first-order chi connectivity index (χ1) is 6.16. The van der Waals surface area contributed by atoms with E-state index in [-0.39, 0.29) is 13.0 Å². The van der Waals surface area contributed by atoms with Crippen LogP contribution in [0.3, 0.4) is 0 Å². The van der Waals surface area contributed by atoms with Gasteiger partial charge in [-0.1, -0.05) is 0 Å². The molecule has 2 unspecified atom stereocenters. The van der Waals surface area contributed by atoms with Gasteiger partial charge in [0.05, 0.1) is 6.10 Å². The maximum Gasteiger partial charge on any atom is 0.114 e. The molecule has 2 atom stereocenters. The fraction of sp³-hybridized carbons (Fsp3) is 0.556. The van der Waals surface area contributed by atoms with Crippen LogP contribution < -0.4 is 0 Å². The van der Waals surface area contributed by atoms with Crippen molar-refractivity contribution >= 4 is 11.3 Å². The highest BCUT2D eigenvalue weighted by molar-refractivity contribution is 7.10. The minimum absolute atomic E-state index is 0.108. The van der Waals surface area contributed by atoms with Crippen LogP contribution in [0.5, 0.6) is 0 Å². The van der Waals surface area contributed by atoms with E-state index in [9.17, 15) is 10.2 Å². The van der Waals surface area contributed by atoms with Crippen LogP contribution >= 0.6 is 11.3 Å². The summed E-state index contributed by atoms with van der Waals surface area (Å²) in [4.78, 5) is 0.779. The van der Waals surface area contributed by atoms with Crippen molar-refractivity contribution in [2.45, 2.75) is 25.6 Å². The largest absolute Gasteiger partial charge is 0.396 e. The van der Waals surface area contributed by atoms with Gasteiger partial charge in [-0.05, 0) is 30.4 Å². The van der Waals surface area contributed by atoms with Gasteiger partial charge in [0.1, 0.15) is 6.10 Å². The molecule has 0 amide bonds. The maximum absolute atomic E-state index is 9.64. The monoisotopic (exact) mass is 202 g/mol. The van der Waals surface area contributed by atoms with E-state index in [1.54, 1.807) is 0 Å². The first kappa shape index (κ1) is 10.7. The molecule has 1 aromatic heterocycles. The molecule has 0 fully saturated rings. The summed E-state index contributed by atoms with van der Waals surface area (Å²) in [5.41, 5.74) is 0.981. The molecule has 74 valence electrons. The fourth-order valence-corrected chi connectivity index (χ4v) is 2.12. The van der Waals surface area contributed by atoms with Crippen LogP contribution in [-0.2, 0) is 0 Å². The Bertz CT molecular complexity index is 259. The number of aryl methyl sites for hydroxylation is 1. The van der Waals surface area contributed by atoms with E-state index in [0.29, 0.717) is 0 Å². The molecule has 3 N–H and O–H groups in total. The summed E-state index contributed by atoms with van der Waals surface area (Å²) < 4.78 is 0. The number of hydrogen-bond donors (Lipinski definition) is 3. The molecule has 0 radical (unpaired) electrons. The molecule has 0 bridgehead atoms. The fourth-order valence-electron chi connectivity index (χ4n) is 1.15. The van der Waals surface area contributed by atoms with E-state index >= 15 is 0 Å². The van der Waals surface area contributed by atoms with Crippen molar-refractivity contribution in [3.8, 4) is 0 Å². The molecule has 3 nitrogen and oxygen atoms in total. The van der Waals surface area contributed by atoms with Crippen LogP contribution in [0.4, 0.5) is 0 Å². The molecule has 0 aliphatic heterocycles. The van der Waals surface area contributed by atoms with Gasteiger partial charge in [0, 0.05) is 11.5 Å². The Kier molecular flexibility index (Phi) is 3.87. The molecule has 13 heavy (non-hydrogen) atoms. The number of hydrogen-bond acceptors (Lipinski definition) is 4. The summed E-state index contributed by atoms with van der Waals surface area (Å²) in [6.45, 7) is 1.78. The number of thiophene rings is 1. The molecule has 4 heteroatoms. The Labute approximate surface area is 81.3 Å². The number of rotatable bonds is 4. The highest BCUT2D eigenvalue weighted by Crippen LogP contribution is 2.27. The quantitative estimate of drug-likeness (QED) is 0.678. The molecule has 0 saturated carbocycles. The molecule has 0 aliphatic carbocycles. The van der Waals surface area contributed by atoms with Gasteiger partial charge in [-0.15, -0.1) is 11.3 Å². The van der Waals surface area contributed by atoms with Crippen LogP contribution in [0.1, 0.15) is 23.0 Å². The van der Waals surface area contributed by atoms with E-state index in [1.807, 2.05) is 18.4 Å². The maximum atomic E-state index is 9.64. The normalized spacial score (nSPS) is 15.7. The Balaban J connectivity index is 2.67. The van der Waals surface area contributed by atoms with Crippen LogP contribution in [-0.4, -0.2) is 28.0 Å². The van der Waals surface area contributed by atoms with Gasteiger partial charge < -0.3 is 15.3 Å². The molecule has 0 aromatic carbocycles. The van der Waals surface area contributed by atoms with Gasteiger partial charge in [-0.3, -0.25) is 0 Å². The van der Waals surface area contributed by atoms with E-state index in [0.717, 1.165) is 10.4 Å². The lowest BCUT2D eigenvalue weighted by Crippen LogP contribution is -2.19. The van der Waals surface area contributed by atoms with Crippen molar-refractivity contribution in [2.24, 2.45) is 0 Å². The average Bonchev–Trinajstić information content (AvgIpc) is 2.50. The summed E-state index contributed by atoms with van der Waals surface area (Å²) >= 11 is 1.42. The molecule has 1 rings (SSSR count). The molecule has 1 heterocycles. The third kappa shape index (κ3) is 2.51. The molecular formula is C9H14O3S. The van der Waals surface area contributed by atoms with Crippen molar-refractivity contribution in [3.63, 3.8) is 0 Å². The third-order valence-corrected chi connectivity index (χ3v) is 3.05. The van der Waals surface area contributed by atoms with Crippen LogP contribution in [0.15, 0.2) is 11.4 Å². The lowest BCUT2D eigenvalue weighted by molar-refractivity contribution is 0.00588. The van der Waals surface area contributed by atoms with Gasteiger partial charge in [-0.25, -0.2) is 0 Å². The summed E-state index contributed by atoms with van der Waals surface area (Å²) in [7, 11) is 0. The lowest BCUT2D eigenvalue weighted by Gasteiger charge is -2.16. The van der Waals surface area contributed by atoms with Gasteiger partial charge in [0.2, 0.25) is 0 Å². The minimum atomic E-state index is -0.873. The van der Waals surface area contributed by atoms with Crippen molar-refractivity contribution in [3.05, 3.63) is 21.9 Å². The topological polar surface area (TPSA) is 60.7 Å². The van der Waals surface area contributed by atoms with Gasteiger partial charge >= 0.3 is 0 Å². The third-order valence-electron chi connectivity index (χ3n) is 1.96. The number of aliphatic hydroxyl groups excluding tert-OH is 3. The molecule has 0 saturated heterocycles. The van der Waals surface area contributed by atoms with Crippen molar-refractivity contribution in [2.75, 3.05) is 6.61 Å².